The summed E-state index contributed by atoms with van der Waals surface area (Å²) in [6.07, 6.45) is 2.31. The van der Waals surface area contributed by atoms with Crippen LogP contribution in [-0.4, -0.2) is 29.8 Å². The van der Waals surface area contributed by atoms with Crippen molar-refractivity contribution in [2.24, 2.45) is 0 Å². The third-order valence-electron chi connectivity index (χ3n) is 4.34. The van der Waals surface area contributed by atoms with E-state index in [4.69, 9.17) is 14.0 Å². The van der Waals surface area contributed by atoms with Gasteiger partial charge in [-0.15, -0.1) is 0 Å². The summed E-state index contributed by atoms with van der Waals surface area (Å²) in [6.45, 7) is 9.14. The van der Waals surface area contributed by atoms with Crippen LogP contribution in [0.3, 0.4) is 0 Å². The van der Waals surface area contributed by atoms with Gasteiger partial charge in [0.2, 0.25) is 0 Å². The summed E-state index contributed by atoms with van der Waals surface area (Å²) in [6, 6.07) is 8.61. The van der Waals surface area contributed by atoms with E-state index in [1.54, 1.807) is 0 Å². The monoisotopic (exact) mass is 330 g/mol. The molecule has 1 atom stereocenters. The molecule has 5 heteroatoms. The zero-order valence-electron chi connectivity index (χ0n) is 14.7. The van der Waals surface area contributed by atoms with E-state index in [2.05, 4.69) is 22.2 Å². The summed E-state index contributed by atoms with van der Waals surface area (Å²) in [5.74, 6) is 2.51. The Hall–Kier alpha value is -2.01. The molecule has 0 aliphatic carbocycles. The molecule has 2 aromatic rings. The summed E-state index contributed by atoms with van der Waals surface area (Å²) >= 11 is 0. The van der Waals surface area contributed by atoms with Crippen molar-refractivity contribution in [2.75, 3.05) is 19.8 Å². The predicted molar refractivity (Wildman–Crippen MR) is 92.4 cm³/mol. The van der Waals surface area contributed by atoms with Crippen molar-refractivity contribution in [3.05, 3.63) is 41.3 Å². The Labute approximate surface area is 143 Å². The van der Waals surface area contributed by atoms with Crippen molar-refractivity contribution >= 4 is 0 Å². The highest BCUT2D eigenvalue weighted by Gasteiger charge is 2.28. The van der Waals surface area contributed by atoms with E-state index >= 15 is 0 Å². The van der Waals surface area contributed by atoms with Crippen molar-refractivity contribution < 1.29 is 14.0 Å². The number of aromatic nitrogens is 1. The third-order valence-corrected chi connectivity index (χ3v) is 4.34. The second-order valence-electron chi connectivity index (χ2n) is 6.14. The Morgan fingerprint density at radius 3 is 2.67 bits per heavy atom. The molecule has 24 heavy (non-hydrogen) atoms. The number of benzene rings is 1. The van der Waals surface area contributed by atoms with Crippen molar-refractivity contribution in [1.82, 2.24) is 10.1 Å². The van der Waals surface area contributed by atoms with Crippen LogP contribution in [0, 0.1) is 6.92 Å². The molecular weight excluding hydrogens is 304 g/mol. The molecule has 0 radical (unpaired) electrons. The fourth-order valence-corrected chi connectivity index (χ4v) is 3.32. The highest BCUT2D eigenvalue weighted by molar-refractivity contribution is 5.43. The minimum Gasteiger partial charge on any atom is -0.490 e. The molecule has 0 bridgehead atoms. The molecule has 1 aromatic carbocycles. The van der Waals surface area contributed by atoms with Gasteiger partial charge in [0.1, 0.15) is 11.5 Å². The van der Waals surface area contributed by atoms with Gasteiger partial charge in [0.05, 0.1) is 19.3 Å². The van der Waals surface area contributed by atoms with E-state index in [9.17, 15) is 0 Å². The molecule has 130 valence electrons. The van der Waals surface area contributed by atoms with Crippen LogP contribution >= 0.6 is 0 Å². The number of rotatable bonds is 7. The molecule has 2 heterocycles. The van der Waals surface area contributed by atoms with E-state index in [0.29, 0.717) is 19.3 Å². The quantitative estimate of drug-likeness (QED) is 0.764. The van der Waals surface area contributed by atoms with Gasteiger partial charge in [-0.2, -0.15) is 0 Å². The third kappa shape index (κ3) is 3.73. The van der Waals surface area contributed by atoms with Crippen LogP contribution in [0.4, 0.5) is 0 Å². The largest absolute Gasteiger partial charge is 0.490 e. The number of hydrogen-bond acceptors (Lipinski definition) is 5. The Balaban J connectivity index is 1.75. The maximum atomic E-state index is 5.74. The smallest absolute Gasteiger partial charge is 0.161 e. The van der Waals surface area contributed by atoms with Crippen molar-refractivity contribution in [2.45, 2.75) is 46.2 Å². The van der Waals surface area contributed by atoms with E-state index < -0.39 is 0 Å². The second kappa shape index (κ2) is 7.71. The van der Waals surface area contributed by atoms with Crippen LogP contribution < -0.4 is 9.47 Å². The maximum absolute atomic E-state index is 5.74. The lowest BCUT2D eigenvalue weighted by atomic mass is 10.1. The first-order valence-corrected chi connectivity index (χ1v) is 8.77. The van der Waals surface area contributed by atoms with Gasteiger partial charge >= 0.3 is 0 Å². The summed E-state index contributed by atoms with van der Waals surface area (Å²) in [5, 5.41) is 4.21. The average molecular weight is 330 g/mol. The minimum absolute atomic E-state index is 0.338. The van der Waals surface area contributed by atoms with E-state index in [1.165, 1.54) is 12.0 Å². The zero-order valence-corrected chi connectivity index (χ0v) is 14.7. The molecule has 0 N–H and O–H groups in total. The number of aryl methyl sites for hydroxylation is 1. The van der Waals surface area contributed by atoms with Gasteiger partial charge in [-0.05, 0) is 57.9 Å². The first kappa shape index (κ1) is 16.8. The molecule has 5 nitrogen and oxygen atoms in total. The number of hydrogen-bond donors (Lipinski definition) is 0. The summed E-state index contributed by atoms with van der Waals surface area (Å²) in [4.78, 5) is 2.46. The maximum Gasteiger partial charge on any atom is 0.161 e. The van der Waals surface area contributed by atoms with Crippen LogP contribution in [0.25, 0.3) is 0 Å². The van der Waals surface area contributed by atoms with Gasteiger partial charge in [0, 0.05) is 12.6 Å². The molecule has 1 unspecified atom stereocenters. The van der Waals surface area contributed by atoms with Crippen LogP contribution in [0.15, 0.2) is 28.8 Å². The molecular formula is C19H26N2O3. The molecule has 0 saturated carbocycles. The van der Waals surface area contributed by atoms with Crippen LogP contribution in [0.1, 0.15) is 49.7 Å². The minimum atomic E-state index is 0.338. The second-order valence-corrected chi connectivity index (χ2v) is 6.14. The lowest BCUT2D eigenvalue weighted by molar-refractivity contribution is 0.235. The fourth-order valence-electron chi connectivity index (χ4n) is 3.32. The Bertz CT molecular complexity index is 668. The van der Waals surface area contributed by atoms with E-state index in [0.717, 1.165) is 42.5 Å². The summed E-state index contributed by atoms with van der Waals surface area (Å²) in [5.41, 5.74) is 2.27. The molecule has 0 spiro atoms. The van der Waals surface area contributed by atoms with E-state index in [1.807, 2.05) is 32.9 Å². The van der Waals surface area contributed by atoms with Crippen molar-refractivity contribution in [3.63, 3.8) is 0 Å². The summed E-state index contributed by atoms with van der Waals surface area (Å²) < 4.78 is 16.6. The Morgan fingerprint density at radius 2 is 1.96 bits per heavy atom. The number of nitrogens with zero attached hydrogens (tertiary/aromatic N) is 2. The average Bonchev–Trinajstić information content (AvgIpc) is 3.19. The van der Waals surface area contributed by atoms with Gasteiger partial charge in [0.15, 0.2) is 11.5 Å². The zero-order chi connectivity index (χ0) is 16.9. The SMILES string of the molecule is CCOc1ccc(CN2CCCC2c2cc(C)on2)cc1OCC. The number of likely N-dealkylation sites (tertiary alicyclic amines) is 1. The van der Waals surface area contributed by atoms with Gasteiger partial charge in [-0.1, -0.05) is 11.2 Å². The fraction of sp³-hybridized carbons (Fsp3) is 0.526. The van der Waals surface area contributed by atoms with Crippen LogP contribution in [-0.2, 0) is 6.54 Å². The molecule has 0 amide bonds. The number of ether oxygens (including phenoxy) is 2. The molecule has 1 aliphatic heterocycles. The lowest BCUT2D eigenvalue weighted by Gasteiger charge is -2.23. The van der Waals surface area contributed by atoms with Crippen LogP contribution in [0.2, 0.25) is 0 Å². The molecule has 1 aromatic heterocycles. The molecule has 1 aliphatic rings. The highest BCUT2D eigenvalue weighted by atomic mass is 16.5. The van der Waals surface area contributed by atoms with Crippen molar-refractivity contribution in [1.29, 1.82) is 0 Å². The first-order chi connectivity index (χ1) is 11.7. The normalized spacial score (nSPS) is 18.0. The molecule has 1 fully saturated rings. The highest BCUT2D eigenvalue weighted by Crippen LogP contribution is 2.34. The van der Waals surface area contributed by atoms with E-state index in [-0.39, 0.29) is 0 Å². The molecule has 3 rings (SSSR count). The van der Waals surface area contributed by atoms with Gasteiger partial charge in [-0.25, -0.2) is 0 Å². The van der Waals surface area contributed by atoms with Crippen molar-refractivity contribution in [3.8, 4) is 11.5 Å². The topological polar surface area (TPSA) is 47.7 Å². The summed E-state index contributed by atoms with van der Waals surface area (Å²) in [7, 11) is 0. The van der Waals surface area contributed by atoms with Gasteiger partial charge < -0.3 is 14.0 Å². The first-order valence-electron chi connectivity index (χ1n) is 8.77. The van der Waals surface area contributed by atoms with Crippen LogP contribution in [0.5, 0.6) is 11.5 Å². The lowest BCUT2D eigenvalue weighted by Crippen LogP contribution is -2.23. The Kier molecular flexibility index (Phi) is 5.41. The standard InChI is InChI=1S/C19H26N2O3/c1-4-22-18-9-8-15(12-19(18)23-5-2)13-21-10-6-7-17(21)16-11-14(3)24-20-16/h8-9,11-12,17H,4-7,10,13H2,1-3H3. The van der Waals surface area contributed by atoms with Gasteiger partial charge in [-0.3, -0.25) is 4.90 Å². The van der Waals surface area contributed by atoms with Gasteiger partial charge in [0.25, 0.3) is 0 Å². The molecule has 1 saturated heterocycles. The predicted octanol–water partition coefficient (Wildman–Crippen LogP) is 4.12. The Morgan fingerprint density at radius 1 is 1.17 bits per heavy atom.